The largest absolute Gasteiger partial charge is 0.502 e. The average Bonchev–Trinajstić information content (AvgIpc) is 2.61. The van der Waals surface area contributed by atoms with Crippen molar-refractivity contribution in [2.75, 3.05) is 13.2 Å². The van der Waals surface area contributed by atoms with Crippen LogP contribution in [0, 0.1) is 5.92 Å². The fourth-order valence-corrected chi connectivity index (χ4v) is 1.12. The lowest BCUT2D eigenvalue weighted by Crippen LogP contribution is -2.16. The predicted octanol–water partition coefficient (Wildman–Crippen LogP) is 2.55. The van der Waals surface area contributed by atoms with E-state index in [9.17, 15) is 4.79 Å². The summed E-state index contributed by atoms with van der Waals surface area (Å²) in [7, 11) is 0. The molecular weight excluding hydrogens is 190 g/mol. The van der Waals surface area contributed by atoms with Crippen molar-refractivity contribution >= 4 is 5.91 Å². The molecule has 1 fully saturated rings. The molecule has 3 heteroatoms. The molecule has 3 nitrogen and oxygen atoms in total. The molecule has 1 aliphatic heterocycles. The third-order valence-electron chi connectivity index (χ3n) is 1.88. The number of nitrogens with zero attached hydrogens (tertiary/aromatic N) is 1. The molecule has 1 aliphatic rings. The number of carbonyl (C=O) groups is 1. The minimum absolute atomic E-state index is 0.208. The fourth-order valence-electron chi connectivity index (χ4n) is 1.12. The quantitative estimate of drug-likeness (QED) is 0.669. The standard InChI is InChI=1S/C6H9NO.C6H12O/c1-2-7-5-3-4-6(7)8;1-4-7-5-6(2)3/h2H,1,3-5H2;4,6H,1,5H2,2-3H3. The summed E-state index contributed by atoms with van der Waals surface area (Å²) in [6.45, 7) is 12.8. The fraction of sp³-hybridized carbons (Fsp3) is 0.583. The van der Waals surface area contributed by atoms with E-state index in [1.807, 2.05) is 0 Å². The topological polar surface area (TPSA) is 29.5 Å². The van der Waals surface area contributed by atoms with E-state index in [2.05, 4.69) is 27.0 Å². The second kappa shape index (κ2) is 8.09. The number of likely N-dealkylation sites (tertiary alicyclic amines) is 1. The Kier molecular flexibility index (Phi) is 7.42. The van der Waals surface area contributed by atoms with Gasteiger partial charge in [0.05, 0.1) is 12.9 Å². The second-order valence-electron chi connectivity index (χ2n) is 3.77. The molecule has 0 saturated carbocycles. The van der Waals surface area contributed by atoms with Gasteiger partial charge in [0, 0.05) is 13.0 Å². The Bertz CT molecular complexity index is 212. The number of carbonyl (C=O) groups excluding carboxylic acids is 1. The summed E-state index contributed by atoms with van der Waals surface area (Å²) in [5, 5.41) is 0. The minimum Gasteiger partial charge on any atom is -0.502 e. The van der Waals surface area contributed by atoms with Crippen molar-refractivity contribution in [2.24, 2.45) is 5.92 Å². The average molecular weight is 211 g/mol. The number of amides is 1. The Morgan fingerprint density at radius 2 is 2.20 bits per heavy atom. The van der Waals surface area contributed by atoms with Crippen molar-refractivity contribution in [1.29, 1.82) is 0 Å². The van der Waals surface area contributed by atoms with Crippen molar-refractivity contribution in [3.8, 4) is 0 Å². The van der Waals surface area contributed by atoms with Gasteiger partial charge >= 0.3 is 0 Å². The zero-order chi connectivity index (χ0) is 11.7. The van der Waals surface area contributed by atoms with Crippen molar-refractivity contribution < 1.29 is 9.53 Å². The van der Waals surface area contributed by atoms with Gasteiger partial charge in [-0.05, 0) is 18.5 Å². The van der Waals surface area contributed by atoms with Crippen LogP contribution >= 0.6 is 0 Å². The van der Waals surface area contributed by atoms with Crippen LogP contribution in [0.5, 0.6) is 0 Å². The van der Waals surface area contributed by atoms with E-state index in [-0.39, 0.29) is 5.91 Å². The number of hydrogen-bond donors (Lipinski definition) is 0. The van der Waals surface area contributed by atoms with E-state index < -0.39 is 0 Å². The summed E-state index contributed by atoms with van der Waals surface area (Å²) in [6, 6.07) is 0. The Labute approximate surface area is 92.4 Å². The molecule has 0 atom stereocenters. The van der Waals surface area contributed by atoms with Gasteiger partial charge in [0.1, 0.15) is 0 Å². The summed E-state index contributed by atoms with van der Waals surface area (Å²) >= 11 is 0. The maximum absolute atomic E-state index is 10.7. The van der Waals surface area contributed by atoms with Gasteiger partial charge in [-0.15, -0.1) is 0 Å². The van der Waals surface area contributed by atoms with E-state index in [4.69, 9.17) is 4.74 Å². The maximum Gasteiger partial charge on any atom is 0.226 e. The van der Waals surface area contributed by atoms with Crippen LogP contribution in [-0.2, 0) is 9.53 Å². The smallest absolute Gasteiger partial charge is 0.226 e. The minimum atomic E-state index is 0.208. The molecule has 0 radical (unpaired) electrons. The van der Waals surface area contributed by atoms with E-state index in [0.717, 1.165) is 19.6 Å². The van der Waals surface area contributed by atoms with Crippen molar-refractivity contribution in [3.05, 3.63) is 25.6 Å². The molecule has 1 saturated heterocycles. The van der Waals surface area contributed by atoms with Crippen LogP contribution in [0.25, 0.3) is 0 Å². The zero-order valence-corrected chi connectivity index (χ0v) is 9.74. The highest BCUT2D eigenvalue weighted by Gasteiger charge is 2.15. The molecule has 0 aromatic rings. The first-order valence-electron chi connectivity index (χ1n) is 5.26. The molecule has 0 N–H and O–H groups in total. The molecule has 0 unspecified atom stereocenters. The van der Waals surface area contributed by atoms with Gasteiger partial charge in [0.15, 0.2) is 0 Å². The highest BCUT2D eigenvalue weighted by atomic mass is 16.5. The number of rotatable bonds is 4. The first-order chi connectivity index (χ1) is 7.11. The molecule has 15 heavy (non-hydrogen) atoms. The van der Waals surface area contributed by atoms with E-state index in [1.54, 1.807) is 11.1 Å². The van der Waals surface area contributed by atoms with Gasteiger partial charge in [-0.3, -0.25) is 4.79 Å². The van der Waals surface area contributed by atoms with E-state index in [0.29, 0.717) is 12.3 Å². The third-order valence-corrected chi connectivity index (χ3v) is 1.88. The van der Waals surface area contributed by atoms with Crippen molar-refractivity contribution in [3.63, 3.8) is 0 Å². The second-order valence-corrected chi connectivity index (χ2v) is 3.77. The summed E-state index contributed by atoms with van der Waals surface area (Å²) < 4.78 is 4.86. The molecule has 86 valence electrons. The van der Waals surface area contributed by atoms with Crippen LogP contribution in [0.2, 0.25) is 0 Å². The Morgan fingerprint density at radius 1 is 1.53 bits per heavy atom. The molecule has 1 heterocycles. The molecule has 0 aliphatic carbocycles. The van der Waals surface area contributed by atoms with Gasteiger partial charge in [0.2, 0.25) is 5.91 Å². The Morgan fingerprint density at radius 3 is 2.40 bits per heavy atom. The normalized spacial score (nSPS) is 14.6. The van der Waals surface area contributed by atoms with Gasteiger partial charge in [0.25, 0.3) is 0 Å². The summed E-state index contributed by atoms with van der Waals surface area (Å²) in [5.41, 5.74) is 0. The van der Waals surface area contributed by atoms with Crippen molar-refractivity contribution in [2.45, 2.75) is 26.7 Å². The first-order valence-corrected chi connectivity index (χ1v) is 5.26. The number of hydrogen-bond acceptors (Lipinski definition) is 2. The number of ether oxygens (including phenoxy) is 1. The summed E-state index contributed by atoms with van der Waals surface area (Å²) in [4.78, 5) is 12.3. The van der Waals surface area contributed by atoms with Gasteiger partial charge in [-0.2, -0.15) is 0 Å². The predicted molar refractivity (Wildman–Crippen MR) is 62.1 cm³/mol. The molecule has 0 bridgehead atoms. The maximum atomic E-state index is 10.7. The van der Waals surface area contributed by atoms with Crippen LogP contribution in [0.1, 0.15) is 26.7 Å². The SMILES string of the molecule is C=CN1CCCC1=O.C=COCC(C)C. The first kappa shape index (κ1) is 13.8. The van der Waals surface area contributed by atoms with Crippen LogP contribution in [0.15, 0.2) is 25.6 Å². The zero-order valence-electron chi connectivity index (χ0n) is 9.74. The van der Waals surface area contributed by atoms with Crippen LogP contribution in [0.4, 0.5) is 0 Å². The van der Waals surface area contributed by atoms with Crippen LogP contribution in [0.3, 0.4) is 0 Å². The van der Waals surface area contributed by atoms with Crippen LogP contribution in [-0.4, -0.2) is 24.0 Å². The van der Waals surface area contributed by atoms with E-state index >= 15 is 0 Å². The Hall–Kier alpha value is -1.25. The van der Waals surface area contributed by atoms with Gasteiger partial charge in [-0.25, -0.2) is 0 Å². The van der Waals surface area contributed by atoms with Gasteiger partial charge in [-0.1, -0.05) is 27.0 Å². The van der Waals surface area contributed by atoms with Crippen LogP contribution < -0.4 is 0 Å². The van der Waals surface area contributed by atoms with Gasteiger partial charge < -0.3 is 9.64 Å². The molecule has 0 aromatic heterocycles. The summed E-state index contributed by atoms with van der Waals surface area (Å²) in [6.07, 6.45) is 4.76. The third kappa shape index (κ3) is 6.77. The lowest BCUT2D eigenvalue weighted by molar-refractivity contribution is -0.125. The lowest BCUT2D eigenvalue weighted by Gasteiger charge is -2.05. The molecular formula is C12H21NO2. The molecule has 0 spiro atoms. The highest BCUT2D eigenvalue weighted by molar-refractivity contribution is 5.78. The molecule has 1 amide bonds. The Balaban J connectivity index is 0.000000265. The molecule has 0 aromatic carbocycles. The molecule has 1 rings (SSSR count). The highest BCUT2D eigenvalue weighted by Crippen LogP contribution is 2.08. The van der Waals surface area contributed by atoms with E-state index in [1.165, 1.54) is 6.26 Å². The summed E-state index contributed by atoms with van der Waals surface area (Å²) in [5.74, 6) is 0.818. The monoisotopic (exact) mass is 211 g/mol. The van der Waals surface area contributed by atoms with Crippen molar-refractivity contribution in [1.82, 2.24) is 4.90 Å². The lowest BCUT2D eigenvalue weighted by atomic mass is 10.2.